The Bertz CT molecular complexity index is 668. The first-order chi connectivity index (χ1) is 11.4. The van der Waals surface area contributed by atoms with Crippen molar-refractivity contribution in [3.63, 3.8) is 0 Å². The van der Waals surface area contributed by atoms with Gasteiger partial charge in [-0.25, -0.2) is 0 Å². The SMILES string of the molecule is CC(C)=CCC(=O)[C@]1(O)C(C)=C(C(=O)C(C)C)C(=O)[C@@H]1CC=C(C)C. The maximum Gasteiger partial charge on any atom is 0.173 e. The van der Waals surface area contributed by atoms with Crippen LogP contribution in [0.15, 0.2) is 34.4 Å². The number of aliphatic hydroxyl groups is 1. The van der Waals surface area contributed by atoms with Crippen LogP contribution in [-0.2, 0) is 14.4 Å². The molecule has 25 heavy (non-hydrogen) atoms. The highest BCUT2D eigenvalue weighted by atomic mass is 16.3. The molecule has 1 aliphatic carbocycles. The monoisotopic (exact) mass is 346 g/mol. The molecule has 0 saturated heterocycles. The maximum atomic E-state index is 12.9. The lowest BCUT2D eigenvalue weighted by molar-refractivity contribution is -0.141. The molecule has 0 saturated carbocycles. The second-order valence-corrected chi connectivity index (χ2v) is 7.63. The van der Waals surface area contributed by atoms with Crippen molar-refractivity contribution >= 4 is 17.3 Å². The standard InChI is InChI=1S/C21H30O4/c1-12(2)8-10-16-20(24)18(19(23)14(5)6)15(7)21(16,25)17(22)11-9-13(3)4/h8-9,14,16,25H,10-11H2,1-7H3/t16-,21-/m0/s1. The third-order valence-corrected chi connectivity index (χ3v) is 4.67. The zero-order valence-corrected chi connectivity index (χ0v) is 16.4. The summed E-state index contributed by atoms with van der Waals surface area (Å²) in [5.41, 5.74) is 0.260. The van der Waals surface area contributed by atoms with E-state index in [1.165, 1.54) is 6.92 Å². The minimum Gasteiger partial charge on any atom is -0.377 e. The highest BCUT2D eigenvalue weighted by Gasteiger charge is 2.55. The third kappa shape index (κ3) is 4.24. The van der Waals surface area contributed by atoms with Crippen LogP contribution in [0.25, 0.3) is 0 Å². The molecule has 1 rings (SSSR count). The van der Waals surface area contributed by atoms with Crippen molar-refractivity contribution in [2.24, 2.45) is 11.8 Å². The average Bonchev–Trinajstić information content (AvgIpc) is 2.69. The van der Waals surface area contributed by atoms with Gasteiger partial charge >= 0.3 is 0 Å². The van der Waals surface area contributed by atoms with Crippen LogP contribution in [0.1, 0.15) is 61.3 Å². The quantitative estimate of drug-likeness (QED) is 0.563. The van der Waals surface area contributed by atoms with E-state index in [1.807, 2.05) is 33.8 Å². The predicted octanol–water partition coefficient (Wildman–Crippen LogP) is 3.74. The summed E-state index contributed by atoms with van der Waals surface area (Å²) in [6.07, 6.45) is 3.85. The summed E-state index contributed by atoms with van der Waals surface area (Å²) in [6.45, 7) is 12.5. The molecule has 0 aromatic heterocycles. The van der Waals surface area contributed by atoms with Crippen LogP contribution in [0.2, 0.25) is 0 Å². The number of ketones is 3. The summed E-state index contributed by atoms with van der Waals surface area (Å²) in [6, 6.07) is 0. The minimum absolute atomic E-state index is 0.00945. The molecule has 138 valence electrons. The van der Waals surface area contributed by atoms with E-state index >= 15 is 0 Å². The summed E-state index contributed by atoms with van der Waals surface area (Å²) < 4.78 is 0. The van der Waals surface area contributed by atoms with Gasteiger partial charge in [0.2, 0.25) is 0 Å². The van der Waals surface area contributed by atoms with Crippen molar-refractivity contribution in [3.05, 3.63) is 34.4 Å². The topological polar surface area (TPSA) is 71.4 Å². The van der Waals surface area contributed by atoms with Gasteiger partial charge in [0.25, 0.3) is 0 Å². The molecule has 0 amide bonds. The number of hydrogen-bond acceptors (Lipinski definition) is 4. The molecule has 1 aliphatic rings. The maximum absolute atomic E-state index is 12.9. The van der Waals surface area contributed by atoms with E-state index in [4.69, 9.17) is 0 Å². The Morgan fingerprint density at radius 2 is 1.64 bits per heavy atom. The van der Waals surface area contributed by atoms with Crippen molar-refractivity contribution in [2.45, 2.75) is 66.9 Å². The fourth-order valence-corrected chi connectivity index (χ4v) is 3.08. The largest absolute Gasteiger partial charge is 0.377 e. The highest BCUT2D eigenvalue weighted by molar-refractivity contribution is 6.26. The Hall–Kier alpha value is -1.81. The van der Waals surface area contributed by atoms with E-state index in [0.29, 0.717) is 0 Å². The van der Waals surface area contributed by atoms with Gasteiger partial charge in [0.15, 0.2) is 23.0 Å². The van der Waals surface area contributed by atoms with E-state index in [0.717, 1.165) is 11.1 Å². The number of rotatable bonds is 7. The fraction of sp³-hybridized carbons (Fsp3) is 0.571. The van der Waals surface area contributed by atoms with Crippen molar-refractivity contribution in [2.75, 3.05) is 0 Å². The van der Waals surface area contributed by atoms with Gasteiger partial charge in [0, 0.05) is 12.3 Å². The van der Waals surface area contributed by atoms with Gasteiger partial charge in [-0.05, 0) is 46.6 Å². The van der Waals surface area contributed by atoms with Gasteiger partial charge in [-0.1, -0.05) is 37.1 Å². The van der Waals surface area contributed by atoms with E-state index in [2.05, 4.69) is 0 Å². The Labute approximate surface area is 150 Å². The van der Waals surface area contributed by atoms with Crippen LogP contribution in [0.4, 0.5) is 0 Å². The van der Waals surface area contributed by atoms with E-state index in [1.54, 1.807) is 19.9 Å². The molecule has 0 aromatic carbocycles. The normalized spacial score (nSPS) is 23.1. The van der Waals surface area contributed by atoms with Crippen molar-refractivity contribution < 1.29 is 19.5 Å². The predicted molar refractivity (Wildman–Crippen MR) is 99.1 cm³/mol. The molecule has 0 aromatic rings. The van der Waals surface area contributed by atoms with Gasteiger partial charge in [0.1, 0.15) is 0 Å². The molecule has 0 spiro atoms. The van der Waals surface area contributed by atoms with Crippen LogP contribution in [0.3, 0.4) is 0 Å². The van der Waals surface area contributed by atoms with E-state index < -0.39 is 23.1 Å². The first kappa shape index (κ1) is 21.2. The van der Waals surface area contributed by atoms with Crippen LogP contribution >= 0.6 is 0 Å². The first-order valence-corrected chi connectivity index (χ1v) is 8.76. The molecule has 0 bridgehead atoms. The van der Waals surface area contributed by atoms with Crippen LogP contribution in [0.5, 0.6) is 0 Å². The third-order valence-electron chi connectivity index (χ3n) is 4.67. The molecule has 4 heteroatoms. The Morgan fingerprint density at radius 3 is 2.08 bits per heavy atom. The van der Waals surface area contributed by atoms with Crippen molar-refractivity contribution in [1.29, 1.82) is 0 Å². The minimum atomic E-state index is -1.91. The molecule has 0 radical (unpaired) electrons. The Morgan fingerprint density at radius 1 is 1.12 bits per heavy atom. The molecule has 0 aliphatic heterocycles. The van der Waals surface area contributed by atoms with E-state index in [9.17, 15) is 19.5 Å². The molecule has 1 N–H and O–H groups in total. The summed E-state index contributed by atoms with van der Waals surface area (Å²) in [5.74, 6) is -2.46. The Balaban J connectivity index is 3.45. The van der Waals surface area contributed by atoms with Crippen molar-refractivity contribution in [3.8, 4) is 0 Å². The van der Waals surface area contributed by atoms with E-state index in [-0.39, 0.29) is 35.7 Å². The number of hydrogen-bond donors (Lipinski definition) is 1. The molecular weight excluding hydrogens is 316 g/mol. The zero-order chi connectivity index (χ0) is 19.5. The summed E-state index contributed by atoms with van der Waals surface area (Å²) >= 11 is 0. The number of Topliss-reactive ketones (excluding diaryl/α,β-unsaturated/α-hetero) is 3. The number of carbonyl (C=O) groups is 3. The smallest absolute Gasteiger partial charge is 0.173 e. The highest BCUT2D eigenvalue weighted by Crippen LogP contribution is 2.42. The van der Waals surface area contributed by atoms with Crippen molar-refractivity contribution in [1.82, 2.24) is 0 Å². The molecule has 4 nitrogen and oxygen atoms in total. The Kier molecular flexibility index (Phi) is 6.83. The molecule has 0 unspecified atom stereocenters. The lowest BCUT2D eigenvalue weighted by atomic mass is 9.79. The summed E-state index contributed by atoms with van der Waals surface area (Å²) in [5, 5.41) is 11.2. The van der Waals surface area contributed by atoms with Gasteiger partial charge in [-0.2, -0.15) is 0 Å². The summed E-state index contributed by atoms with van der Waals surface area (Å²) in [4.78, 5) is 38.2. The fourth-order valence-electron chi connectivity index (χ4n) is 3.08. The lowest BCUT2D eigenvalue weighted by Gasteiger charge is -2.29. The second-order valence-electron chi connectivity index (χ2n) is 7.63. The zero-order valence-electron chi connectivity index (χ0n) is 16.4. The second kappa shape index (κ2) is 8.05. The van der Waals surface area contributed by atoms with Gasteiger partial charge < -0.3 is 5.11 Å². The molecule has 0 fully saturated rings. The van der Waals surface area contributed by atoms with Gasteiger partial charge in [0.05, 0.1) is 11.5 Å². The average molecular weight is 346 g/mol. The van der Waals surface area contributed by atoms with Crippen LogP contribution < -0.4 is 0 Å². The van der Waals surface area contributed by atoms with Gasteiger partial charge in [-0.3, -0.25) is 14.4 Å². The molecular formula is C21H30O4. The lowest BCUT2D eigenvalue weighted by Crippen LogP contribution is -2.45. The molecule has 0 heterocycles. The molecule has 2 atom stereocenters. The van der Waals surface area contributed by atoms with Gasteiger partial charge in [-0.15, -0.1) is 0 Å². The number of carbonyl (C=O) groups excluding carboxylic acids is 3. The summed E-state index contributed by atoms with van der Waals surface area (Å²) in [7, 11) is 0. The van der Waals surface area contributed by atoms with Crippen LogP contribution in [-0.4, -0.2) is 28.1 Å². The first-order valence-electron chi connectivity index (χ1n) is 8.76. The number of allylic oxidation sites excluding steroid dienone is 5. The van der Waals surface area contributed by atoms with Crippen LogP contribution in [0, 0.1) is 11.8 Å².